The number of nitrogens with two attached hydrogens (primary N) is 1. The summed E-state index contributed by atoms with van der Waals surface area (Å²) in [5.41, 5.74) is 9.72. The van der Waals surface area contributed by atoms with Crippen LogP contribution in [0.2, 0.25) is 0 Å². The molecule has 0 aliphatic heterocycles. The lowest BCUT2D eigenvalue weighted by Gasteiger charge is -2.23. The molecule has 2 N–H and O–H groups in total. The van der Waals surface area contributed by atoms with E-state index in [0.717, 1.165) is 0 Å². The molecule has 1 atom stereocenters. The van der Waals surface area contributed by atoms with Crippen LogP contribution in [0.15, 0.2) is 22.7 Å². The van der Waals surface area contributed by atoms with Crippen molar-refractivity contribution in [2.24, 2.45) is 11.1 Å². The Balaban J connectivity index is 2.17. The van der Waals surface area contributed by atoms with Crippen molar-refractivity contribution < 1.29 is 4.52 Å². The number of aryl methyl sites for hydroxylation is 2. The number of aromatic nitrogens is 2. The van der Waals surface area contributed by atoms with Crippen molar-refractivity contribution in [1.29, 1.82) is 0 Å². The summed E-state index contributed by atoms with van der Waals surface area (Å²) >= 11 is 0. The fourth-order valence-corrected chi connectivity index (χ4v) is 2.19. The van der Waals surface area contributed by atoms with Crippen molar-refractivity contribution in [3.05, 3.63) is 46.6 Å². The predicted octanol–water partition coefficient (Wildman–Crippen LogP) is 3.32. The van der Waals surface area contributed by atoms with E-state index in [2.05, 4.69) is 63.0 Å². The lowest BCUT2D eigenvalue weighted by molar-refractivity contribution is 0.252. The highest BCUT2D eigenvalue weighted by molar-refractivity contribution is 5.30. The zero-order valence-electron chi connectivity index (χ0n) is 12.9. The topological polar surface area (TPSA) is 64.9 Å². The van der Waals surface area contributed by atoms with Gasteiger partial charge in [-0.2, -0.15) is 4.98 Å². The van der Waals surface area contributed by atoms with E-state index in [1.165, 1.54) is 16.7 Å². The molecule has 0 amide bonds. The highest BCUT2D eigenvalue weighted by atomic mass is 16.5. The average Bonchev–Trinajstić information content (AvgIpc) is 2.73. The van der Waals surface area contributed by atoms with Crippen LogP contribution in [0.1, 0.15) is 55.2 Å². The summed E-state index contributed by atoms with van der Waals surface area (Å²) in [5, 5.41) is 4.04. The largest absolute Gasteiger partial charge is 0.338 e. The van der Waals surface area contributed by atoms with Gasteiger partial charge in [0.15, 0.2) is 5.82 Å². The molecule has 0 unspecified atom stereocenters. The van der Waals surface area contributed by atoms with Crippen molar-refractivity contribution in [2.45, 2.75) is 47.1 Å². The molecule has 2 aromatic rings. The van der Waals surface area contributed by atoms with E-state index in [9.17, 15) is 0 Å². The molecule has 108 valence electrons. The first-order valence-electron chi connectivity index (χ1n) is 6.91. The molecule has 4 heteroatoms. The Labute approximate surface area is 120 Å². The van der Waals surface area contributed by atoms with Crippen LogP contribution in [-0.2, 0) is 6.42 Å². The second-order valence-electron chi connectivity index (χ2n) is 6.57. The first kappa shape index (κ1) is 14.7. The molecule has 0 aliphatic rings. The number of rotatable bonds is 3. The Morgan fingerprint density at radius 3 is 2.30 bits per heavy atom. The molecule has 0 bridgehead atoms. The minimum absolute atomic E-state index is 0.0935. The van der Waals surface area contributed by atoms with Crippen molar-refractivity contribution in [1.82, 2.24) is 10.1 Å². The van der Waals surface area contributed by atoms with Crippen LogP contribution in [0.3, 0.4) is 0 Å². The molecule has 1 heterocycles. The third-order valence-corrected chi connectivity index (χ3v) is 3.33. The number of hydrogen-bond donors (Lipinski definition) is 1. The van der Waals surface area contributed by atoms with Gasteiger partial charge in [-0.05, 0) is 24.8 Å². The standard InChI is InChI=1S/C16H23N3O/c1-10-6-11(2)8-12(7-10)9-13-18-15(20-19-13)14(17)16(3,4)5/h6-8,14H,9,17H2,1-5H3/t14-/m0/s1. The number of benzene rings is 1. The van der Waals surface area contributed by atoms with Crippen LogP contribution < -0.4 is 5.73 Å². The zero-order chi connectivity index (χ0) is 14.9. The Morgan fingerprint density at radius 1 is 1.15 bits per heavy atom. The van der Waals surface area contributed by atoms with Gasteiger partial charge in [-0.1, -0.05) is 55.3 Å². The molecule has 2 rings (SSSR count). The van der Waals surface area contributed by atoms with Gasteiger partial charge in [-0.15, -0.1) is 0 Å². The van der Waals surface area contributed by atoms with E-state index in [0.29, 0.717) is 18.1 Å². The Bertz CT molecular complexity index is 576. The average molecular weight is 273 g/mol. The molecule has 4 nitrogen and oxygen atoms in total. The molecule has 0 radical (unpaired) electrons. The molecule has 0 fully saturated rings. The lowest BCUT2D eigenvalue weighted by Crippen LogP contribution is -2.26. The summed E-state index contributed by atoms with van der Waals surface area (Å²) < 4.78 is 5.30. The Kier molecular flexibility index (Phi) is 3.95. The molecule has 0 aliphatic carbocycles. The highest BCUT2D eigenvalue weighted by Gasteiger charge is 2.27. The van der Waals surface area contributed by atoms with Gasteiger partial charge >= 0.3 is 0 Å². The minimum Gasteiger partial charge on any atom is -0.338 e. The maximum Gasteiger partial charge on any atom is 0.244 e. The van der Waals surface area contributed by atoms with E-state index in [4.69, 9.17) is 10.3 Å². The predicted molar refractivity (Wildman–Crippen MR) is 79.4 cm³/mol. The van der Waals surface area contributed by atoms with Crippen molar-refractivity contribution in [3.8, 4) is 0 Å². The fourth-order valence-electron chi connectivity index (χ4n) is 2.19. The number of nitrogens with zero attached hydrogens (tertiary/aromatic N) is 2. The third-order valence-electron chi connectivity index (χ3n) is 3.33. The van der Waals surface area contributed by atoms with Gasteiger partial charge in [0.2, 0.25) is 5.89 Å². The van der Waals surface area contributed by atoms with Crippen LogP contribution in [0.25, 0.3) is 0 Å². The van der Waals surface area contributed by atoms with E-state index in [1.807, 2.05) is 0 Å². The highest BCUT2D eigenvalue weighted by Crippen LogP contribution is 2.29. The summed E-state index contributed by atoms with van der Waals surface area (Å²) in [6.07, 6.45) is 0.670. The first-order chi connectivity index (χ1) is 9.25. The van der Waals surface area contributed by atoms with Gasteiger partial charge in [-0.3, -0.25) is 0 Å². The zero-order valence-corrected chi connectivity index (χ0v) is 12.9. The SMILES string of the molecule is Cc1cc(C)cc(Cc2noc([C@H](N)C(C)(C)C)n2)c1. The van der Waals surface area contributed by atoms with E-state index in [-0.39, 0.29) is 11.5 Å². The summed E-state index contributed by atoms with van der Waals surface area (Å²) in [4.78, 5) is 4.43. The van der Waals surface area contributed by atoms with Crippen LogP contribution >= 0.6 is 0 Å². The van der Waals surface area contributed by atoms with E-state index < -0.39 is 0 Å². The second-order valence-corrected chi connectivity index (χ2v) is 6.57. The van der Waals surface area contributed by atoms with Gasteiger partial charge in [0.05, 0.1) is 6.04 Å². The quantitative estimate of drug-likeness (QED) is 0.931. The van der Waals surface area contributed by atoms with Crippen LogP contribution in [0, 0.1) is 19.3 Å². The summed E-state index contributed by atoms with van der Waals surface area (Å²) in [6.45, 7) is 10.4. The van der Waals surface area contributed by atoms with E-state index >= 15 is 0 Å². The Hall–Kier alpha value is -1.68. The normalized spacial score (nSPS) is 13.5. The van der Waals surface area contributed by atoms with Crippen LogP contribution in [0.4, 0.5) is 0 Å². The third kappa shape index (κ3) is 3.45. The van der Waals surface area contributed by atoms with Crippen LogP contribution in [0.5, 0.6) is 0 Å². The van der Waals surface area contributed by atoms with Crippen molar-refractivity contribution >= 4 is 0 Å². The smallest absolute Gasteiger partial charge is 0.244 e. The van der Waals surface area contributed by atoms with E-state index in [1.54, 1.807) is 0 Å². The van der Waals surface area contributed by atoms with Gasteiger partial charge in [0, 0.05) is 6.42 Å². The molecular formula is C16H23N3O. The molecule has 1 aromatic heterocycles. The second kappa shape index (κ2) is 5.37. The monoisotopic (exact) mass is 273 g/mol. The maximum atomic E-state index is 6.13. The molecule has 0 saturated heterocycles. The summed E-state index contributed by atoms with van der Waals surface area (Å²) in [6, 6.07) is 6.20. The lowest BCUT2D eigenvalue weighted by atomic mass is 9.87. The van der Waals surface area contributed by atoms with Gasteiger partial charge < -0.3 is 10.3 Å². The summed E-state index contributed by atoms with van der Waals surface area (Å²) in [7, 11) is 0. The van der Waals surface area contributed by atoms with Crippen molar-refractivity contribution in [2.75, 3.05) is 0 Å². The summed E-state index contributed by atoms with van der Waals surface area (Å²) in [5.74, 6) is 1.20. The van der Waals surface area contributed by atoms with Gasteiger partial charge in [0.25, 0.3) is 0 Å². The molecule has 20 heavy (non-hydrogen) atoms. The molecular weight excluding hydrogens is 250 g/mol. The molecule has 0 saturated carbocycles. The Morgan fingerprint density at radius 2 is 1.75 bits per heavy atom. The maximum absolute atomic E-state index is 6.13. The first-order valence-corrected chi connectivity index (χ1v) is 6.91. The number of hydrogen-bond acceptors (Lipinski definition) is 4. The molecule has 0 spiro atoms. The van der Waals surface area contributed by atoms with Gasteiger partial charge in [0.1, 0.15) is 0 Å². The fraction of sp³-hybridized carbons (Fsp3) is 0.500. The van der Waals surface area contributed by atoms with Crippen molar-refractivity contribution in [3.63, 3.8) is 0 Å². The van der Waals surface area contributed by atoms with Gasteiger partial charge in [-0.25, -0.2) is 0 Å². The minimum atomic E-state index is -0.247. The molecule has 1 aromatic carbocycles. The van der Waals surface area contributed by atoms with Crippen LogP contribution in [-0.4, -0.2) is 10.1 Å².